The SMILES string of the molecule is C=C(C)c1cc(C(O)(C(F)(F)F)C(F)(F)F)ccc1-c1ccc(NC(=O)CCCCCC)cc1. The highest BCUT2D eigenvalue weighted by atomic mass is 19.4. The molecule has 0 spiro atoms. The largest absolute Gasteiger partial charge is 0.430 e. The van der Waals surface area contributed by atoms with Crippen LogP contribution in [0.25, 0.3) is 16.7 Å². The molecule has 3 nitrogen and oxygen atoms in total. The van der Waals surface area contributed by atoms with Gasteiger partial charge in [0.1, 0.15) is 0 Å². The van der Waals surface area contributed by atoms with Gasteiger partial charge in [-0.25, -0.2) is 0 Å². The van der Waals surface area contributed by atoms with Crippen LogP contribution in [0.4, 0.5) is 32.0 Å². The standard InChI is InChI=1S/C25H27F6NO2/c1-4-5-6-7-8-22(33)32-19-12-9-17(10-13-19)20-14-11-18(15-21(20)16(2)3)23(34,24(26,27)28)25(29,30)31/h9-15,34H,2,4-8H2,1,3H3,(H,32,33). The Labute approximate surface area is 194 Å². The molecule has 0 atom stereocenters. The van der Waals surface area contributed by atoms with Crippen LogP contribution in [0.5, 0.6) is 0 Å². The maximum absolute atomic E-state index is 13.3. The number of hydrogen-bond acceptors (Lipinski definition) is 2. The summed E-state index contributed by atoms with van der Waals surface area (Å²) in [6, 6.07) is 8.72. The fourth-order valence-electron chi connectivity index (χ4n) is 3.53. The van der Waals surface area contributed by atoms with Crippen LogP contribution in [0.1, 0.15) is 57.1 Å². The molecule has 0 aliphatic heterocycles. The molecule has 2 rings (SSSR count). The second kappa shape index (κ2) is 10.6. The van der Waals surface area contributed by atoms with Crippen molar-refractivity contribution in [1.29, 1.82) is 0 Å². The van der Waals surface area contributed by atoms with Gasteiger partial charge in [-0.1, -0.05) is 62.6 Å². The number of amides is 1. The number of rotatable bonds is 9. The van der Waals surface area contributed by atoms with Crippen molar-refractivity contribution in [2.24, 2.45) is 0 Å². The molecular formula is C25H27F6NO2. The fourth-order valence-corrected chi connectivity index (χ4v) is 3.53. The third-order valence-electron chi connectivity index (χ3n) is 5.45. The Bertz CT molecular complexity index is 996. The molecule has 0 saturated heterocycles. The molecule has 0 bridgehead atoms. The fraction of sp³-hybridized carbons (Fsp3) is 0.400. The van der Waals surface area contributed by atoms with Crippen LogP contribution in [0.15, 0.2) is 49.0 Å². The number of unbranched alkanes of at least 4 members (excludes halogenated alkanes) is 3. The lowest BCUT2D eigenvalue weighted by atomic mass is 9.86. The van der Waals surface area contributed by atoms with Gasteiger partial charge in [-0.15, -0.1) is 0 Å². The number of benzene rings is 2. The van der Waals surface area contributed by atoms with Crippen LogP contribution in [0, 0.1) is 0 Å². The number of anilines is 1. The molecule has 9 heteroatoms. The predicted octanol–water partition coefficient (Wildman–Crippen LogP) is 7.61. The van der Waals surface area contributed by atoms with Crippen molar-refractivity contribution in [2.75, 3.05) is 5.32 Å². The van der Waals surface area contributed by atoms with E-state index in [4.69, 9.17) is 0 Å². The molecule has 2 aromatic rings. The first kappa shape index (κ1) is 27.4. The van der Waals surface area contributed by atoms with Crippen LogP contribution >= 0.6 is 0 Å². The summed E-state index contributed by atoms with van der Waals surface area (Å²) in [6.07, 6.45) is -7.74. The molecule has 34 heavy (non-hydrogen) atoms. The molecule has 0 saturated carbocycles. The van der Waals surface area contributed by atoms with Gasteiger partial charge in [0.2, 0.25) is 5.91 Å². The first-order chi connectivity index (χ1) is 15.7. The zero-order chi connectivity index (χ0) is 25.7. The number of allylic oxidation sites excluding steroid dienone is 1. The van der Waals surface area contributed by atoms with Gasteiger partial charge in [-0.05, 0) is 48.2 Å². The number of halogens is 6. The van der Waals surface area contributed by atoms with E-state index in [0.29, 0.717) is 35.4 Å². The van der Waals surface area contributed by atoms with Crippen molar-refractivity contribution in [3.05, 3.63) is 60.2 Å². The van der Waals surface area contributed by atoms with Crippen LogP contribution in [-0.4, -0.2) is 23.4 Å². The highest BCUT2D eigenvalue weighted by Crippen LogP contribution is 2.50. The van der Waals surface area contributed by atoms with E-state index in [2.05, 4.69) is 18.8 Å². The Morgan fingerprint density at radius 3 is 2.03 bits per heavy atom. The minimum absolute atomic E-state index is 0.0251. The summed E-state index contributed by atoms with van der Waals surface area (Å²) in [4.78, 5) is 12.0. The Balaban J connectivity index is 2.35. The molecule has 0 aliphatic carbocycles. The third-order valence-corrected chi connectivity index (χ3v) is 5.45. The average molecular weight is 487 g/mol. The van der Waals surface area contributed by atoms with Gasteiger partial charge >= 0.3 is 12.4 Å². The molecule has 0 unspecified atom stereocenters. The first-order valence-electron chi connectivity index (χ1n) is 10.8. The number of hydrogen-bond donors (Lipinski definition) is 2. The Hall–Kier alpha value is -2.81. The van der Waals surface area contributed by atoms with Gasteiger partial charge < -0.3 is 10.4 Å². The summed E-state index contributed by atoms with van der Waals surface area (Å²) in [5.41, 5.74) is -4.78. The number of alkyl halides is 6. The molecule has 0 aromatic heterocycles. The lowest BCUT2D eigenvalue weighted by molar-refractivity contribution is -0.376. The average Bonchev–Trinajstić information content (AvgIpc) is 2.74. The summed E-state index contributed by atoms with van der Waals surface area (Å²) in [5.74, 6) is -0.144. The molecule has 0 fully saturated rings. The van der Waals surface area contributed by atoms with E-state index in [1.165, 1.54) is 6.92 Å². The van der Waals surface area contributed by atoms with E-state index in [-0.39, 0.29) is 17.0 Å². The lowest BCUT2D eigenvalue weighted by Crippen LogP contribution is -2.53. The second-order valence-corrected chi connectivity index (χ2v) is 8.18. The predicted molar refractivity (Wildman–Crippen MR) is 120 cm³/mol. The number of carbonyl (C=O) groups is 1. The number of nitrogens with one attached hydrogen (secondary N) is 1. The Kier molecular flexibility index (Phi) is 8.58. The van der Waals surface area contributed by atoms with Crippen LogP contribution < -0.4 is 5.32 Å². The monoisotopic (exact) mass is 487 g/mol. The van der Waals surface area contributed by atoms with Crippen molar-refractivity contribution in [2.45, 2.75) is 63.9 Å². The van der Waals surface area contributed by atoms with E-state index in [1.807, 2.05) is 0 Å². The molecule has 0 radical (unpaired) electrons. The van der Waals surface area contributed by atoms with Gasteiger partial charge in [-0.3, -0.25) is 4.79 Å². The summed E-state index contributed by atoms with van der Waals surface area (Å²) < 4.78 is 79.7. The molecule has 186 valence electrons. The molecule has 2 aromatic carbocycles. The maximum atomic E-state index is 13.3. The van der Waals surface area contributed by atoms with Crippen molar-refractivity contribution in [3.8, 4) is 11.1 Å². The smallest absolute Gasteiger partial charge is 0.369 e. The maximum Gasteiger partial charge on any atom is 0.430 e. The minimum atomic E-state index is -5.98. The zero-order valence-corrected chi connectivity index (χ0v) is 18.9. The van der Waals surface area contributed by atoms with Gasteiger partial charge in [0.25, 0.3) is 5.60 Å². The minimum Gasteiger partial charge on any atom is -0.369 e. The van der Waals surface area contributed by atoms with Crippen LogP contribution in [0.3, 0.4) is 0 Å². The zero-order valence-electron chi connectivity index (χ0n) is 18.9. The Morgan fingerprint density at radius 1 is 0.941 bits per heavy atom. The number of aliphatic hydroxyl groups is 1. The van der Waals surface area contributed by atoms with Gasteiger partial charge in [-0.2, -0.15) is 26.3 Å². The Morgan fingerprint density at radius 2 is 1.53 bits per heavy atom. The van der Waals surface area contributed by atoms with E-state index in [9.17, 15) is 36.2 Å². The molecule has 0 aliphatic rings. The highest BCUT2D eigenvalue weighted by molar-refractivity contribution is 5.91. The van der Waals surface area contributed by atoms with E-state index >= 15 is 0 Å². The second-order valence-electron chi connectivity index (χ2n) is 8.18. The summed E-state index contributed by atoms with van der Waals surface area (Å²) in [7, 11) is 0. The third kappa shape index (κ3) is 6.00. The number of carbonyl (C=O) groups excluding carboxylic acids is 1. The van der Waals surface area contributed by atoms with Crippen LogP contribution in [0.2, 0.25) is 0 Å². The lowest BCUT2D eigenvalue weighted by Gasteiger charge is -2.33. The van der Waals surface area contributed by atoms with Crippen molar-refractivity contribution in [3.63, 3.8) is 0 Å². The van der Waals surface area contributed by atoms with Gasteiger partial charge in [0, 0.05) is 17.7 Å². The summed E-state index contributed by atoms with van der Waals surface area (Å²) in [5, 5.41) is 12.5. The van der Waals surface area contributed by atoms with Gasteiger partial charge in [0.15, 0.2) is 0 Å². The van der Waals surface area contributed by atoms with Crippen molar-refractivity contribution < 1.29 is 36.2 Å². The van der Waals surface area contributed by atoms with Gasteiger partial charge in [0.05, 0.1) is 0 Å². The van der Waals surface area contributed by atoms with Crippen molar-refractivity contribution >= 4 is 17.2 Å². The molecule has 1 amide bonds. The summed E-state index contributed by atoms with van der Waals surface area (Å²) >= 11 is 0. The topological polar surface area (TPSA) is 49.3 Å². The molecule has 0 heterocycles. The normalized spacial score (nSPS) is 12.5. The van der Waals surface area contributed by atoms with E-state index in [1.54, 1.807) is 24.3 Å². The van der Waals surface area contributed by atoms with E-state index in [0.717, 1.165) is 31.7 Å². The first-order valence-corrected chi connectivity index (χ1v) is 10.8. The van der Waals surface area contributed by atoms with Crippen LogP contribution in [-0.2, 0) is 10.4 Å². The van der Waals surface area contributed by atoms with Crippen molar-refractivity contribution in [1.82, 2.24) is 0 Å². The molecule has 2 N–H and O–H groups in total. The summed E-state index contributed by atoms with van der Waals surface area (Å²) in [6.45, 7) is 7.17. The quantitative estimate of drug-likeness (QED) is 0.283. The highest BCUT2D eigenvalue weighted by Gasteiger charge is 2.71. The molecular weight excluding hydrogens is 460 g/mol. The van der Waals surface area contributed by atoms with E-state index < -0.39 is 23.5 Å².